The molecule has 2 amide bonds. The van der Waals surface area contributed by atoms with E-state index in [1.807, 2.05) is 35.7 Å². The summed E-state index contributed by atoms with van der Waals surface area (Å²) in [6.45, 7) is 4.45. The highest BCUT2D eigenvalue weighted by Crippen LogP contribution is 2.13. The lowest BCUT2D eigenvalue weighted by atomic mass is 9.94. The Kier molecular flexibility index (Phi) is 5.83. The van der Waals surface area contributed by atoms with Crippen molar-refractivity contribution >= 4 is 23.2 Å². The number of nitrogens with one attached hydrogen (secondary N) is 3. The van der Waals surface area contributed by atoms with Crippen molar-refractivity contribution in [3.05, 3.63) is 57.8 Å². The van der Waals surface area contributed by atoms with Crippen LogP contribution >= 0.6 is 11.3 Å². The first kappa shape index (κ1) is 17.6. The number of carbonyl (C=O) groups excluding carboxylic acids is 2. The number of hydrogen-bond donors (Lipinski definition) is 3. The van der Waals surface area contributed by atoms with Crippen LogP contribution in [0.5, 0.6) is 0 Å². The molecule has 2 heterocycles. The maximum absolute atomic E-state index is 12.4. The van der Waals surface area contributed by atoms with Gasteiger partial charge in [-0.3, -0.25) is 9.59 Å². The number of rotatable bonds is 5. The Morgan fingerprint density at radius 1 is 1.20 bits per heavy atom. The fraction of sp³-hybridized carbons (Fsp3) is 0.368. The second-order valence-electron chi connectivity index (χ2n) is 6.41. The molecule has 1 aliphatic rings. The number of amides is 2. The minimum atomic E-state index is -0.0735. The first-order chi connectivity index (χ1) is 12.1. The van der Waals surface area contributed by atoms with Crippen molar-refractivity contribution in [3.8, 4) is 0 Å². The predicted octanol–water partition coefficient (Wildman–Crippen LogP) is 2.41. The molecule has 0 aliphatic carbocycles. The zero-order chi connectivity index (χ0) is 17.6. The molecule has 5 nitrogen and oxygen atoms in total. The van der Waals surface area contributed by atoms with E-state index in [-0.39, 0.29) is 17.9 Å². The lowest BCUT2D eigenvalue weighted by molar-refractivity contribution is 0.0913. The van der Waals surface area contributed by atoms with Gasteiger partial charge in [-0.05, 0) is 48.0 Å². The fourth-order valence-corrected chi connectivity index (χ4v) is 3.53. The van der Waals surface area contributed by atoms with Crippen LogP contribution in [0.25, 0.3) is 0 Å². The molecule has 0 radical (unpaired) electrons. The predicted molar refractivity (Wildman–Crippen MR) is 99.8 cm³/mol. The Morgan fingerprint density at radius 2 is 2.00 bits per heavy atom. The van der Waals surface area contributed by atoms with Gasteiger partial charge >= 0.3 is 0 Å². The van der Waals surface area contributed by atoms with E-state index in [2.05, 4.69) is 22.9 Å². The van der Waals surface area contributed by atoms with Gasteiger partial charge in [-0.2, -0.15) is 0 Å². The highest BCUT2D eigenvalue weighted by Gasteiger charge is 2.22. The smallest absolute Gasteiger partial charge is 0.261 e. The van der Waals surface area contributed by atoms with Gasteiger partial charge in [-0.1, -0.05) is 25.1 Å². The molecule has 1 aliphatic heterocycles. The third kappa shape index (κ3) is 4.67. The second kappa shape index (κ2) is 8.27. The molecule has 0 bridgehead atoms. The summed E-state index contributed by atoms with van der Waals surface area (Å²) in [6, 6.07) is 11.2. The minimum absolute atomic E-state index is 0.0466. The molecule has 132 valence electrons. The van der Waals surface area contributed by atoms with Crippen molar-refractivity contribution in [3.63, 3.8) is 0 Å². The van der Waals surface area contributed by atoms with Crippen LogP contribution < -0.4 is 16.0 Å². The molecule has 2 atom stereocenters. The van der Waals surface area contributed by atoms with Gasteiger partial charge in [0.05, 0.1) is 4.88 Å². The van der Waals surface area contributed by atoms with Gasteiger partial charge in [-0.25, -0.2) is 0 Å². The molecule has 1 fully saturated rings. The van der Waals surface area contributed by atoms with E-state index in [9.17, 15) is 9.59 Å². The maximum Gasteiger partial charge on any atom is 0.261 e. The highest BCUT2D eigenvalue weighted by molar-refractivity contribution is 7.12. The molecule has 3 N–H and O–H groups in total. The molecule has 1 saturated heterocycles. The van der Waals surface area contributed by atoms with Crippen LogP contribution in [0.1, 0.15) is 38.9 Å². The van der Waals surface area contributed by atoms with Crippen molar-refractivity contribution in [2.24, 2.45) is 5.92 Å². The number of carbonyl (C=O) groups is 2. The number of benzene rings is 1. The van der Waals surface area contributed by atoms with Crippen molar-refractivity contribution in [2.45, 2.75) is 25.9 Å². The van der Waals surface area contributed by atoms with Crippen LogP contribution in [0, 0.1) is 5.92 Å². The topological polar surface area (TPSA) is 70.2 Å². The molecule has 2 aromatic rings. The molecule has 6 heteroatoms. The standard InChI is InChI=1S/C19H23N3O2S/c1-13-8-9-20-12-16(13)22-18(23)15-6-4-14(5-7-15)11-21-19(24)17-3-2-10-25-17/h2-7,10,13,16,20H,8-9,11-12H2,1H3,(H,21,24)(H,22,23). The molecule has 1 aromatic heterocycles. The van der Waals surface area contributed by atoms with E-state index in [4.69, 9.17) is 0 Å². The monoisotopic (exact) mass is 357 g/mol. The van der Waals surface area contributed by atoms with E-state index in [1.54, 1.807) is 6.07 Å². The number of piperidine rings is 1. The summed E-state index contributed by atoms with van der Waals surface area (Å²) in [7, 11) is 0. The Bertz CT molecular complexity index is 713. The first-order valence-electron chi connectivity index (χ1n) is 8.55. The van der Waals surface area contributed by atoms with Crippen LogP contribution in [0.2, 0.25) is 0 Å². The zero-order valence-corrected chi connectivity index (χ0v) is 15.1. The van der Waals surface area contributed by atoms with Crippen LogP contribution in [-0.4, -0.2) is 30.9 Å². The number of hydrogen-bond acceptors (Lipinski definition) is 4. The summed E-state index contributed by atoms with van der Waals surface area (Å²) in [4.78, 5) is 25.0. The number of thiophene rings is 1. The van der Waals surface area contributed by atoms with Crippen LogP contribution in [0.15, 0.2) is 41.8 Å². The molecule has 2 unspecified atom stereocenters. The van der Waals surface area contributed by atoms with Crippen molar-refractivity contribution in [1.82, 2.24) is 16.0 Å². The van der Waals surface area contributed by atoms with Gasteiger partial charge in [0, 0.05) is 24.7 Å². The van der Waals surface area contributed by atoms with Crippen molar-refractivity contribution < 1.29 is 9.59 Å². The molecule has 25 heavy (non-hydrogen) atoms. The molecular formula is C19H23N3O2S. The second-order valence-corrected chi connectivity index (χ2v) is 7.35. The highest BCUT2D eigenvalue weighted by atomic mass is 32.1. The Labute approximate surface area is 151 Å². The first-order valence-corrected chi connectivity index (χ1v) is 9.43. The van der Waals surface area contributed by atoms with E-state index in [1.165, 1.54) is 11.3 Å². The van der Waals surface area contributed by atoms with Crippen molar-refractivity contribution in [1.29, 1.82) is 0 Å². The van der Waals surface area contributed by atoms with E-state index < -0.39 is 0 Å². The van der Waals surface area contributed by atoms with Gasteiger partial charge in [0.2, 0.25) is 0 Å². The third-order valence-electron chi connectivity index (χ3n) is 4.56. The molecule has 0 spiro atoms. The summed E-state index contributed by atoms with van der Waals surface area (Å²) >= 11 is 1.42. The van der Waals surface area contributed by atoms with Gasteiger partial charge in [0.1, 0.15) is 0 Å². The molecule has 3 rings (SSSR count). The summed E-state index contributed by atoms with van der Waals surface area (Å²) in [5, 5.41) is 11.2. The van der Waals surface area contributed by atoms with Gasteiger partial charge < -0.3 is 16.0 Å². The lowest BCUT2D eigenvalue weighted by Gasteiger charge is -2.30. The average Bonchev–Trinajstić information content (AvgIpc) is 3.17. The summed E-state index contributed by atoms with van der Waals surface area (Å²) in [5.41, 5.74) is 1.61. The minimum Gasteiger partial charge on any atom is -0.348 e. The Hall–Kier alpha value is -2.18. The molecular weight excluding hydrogens is 334 g/mol. The SMILES string of the molecule is CC1CCNCC1NC(=O)c1ccc(CNC(=O)c2cccs2)cc1. The van der Waals surface area contributed by atoms with Crippen molar-refractivity contribution in [2.75, 3.05) is 13.1 Å². The summed E-state index contributed by atoms with van der Waals surface area (Å²) < 4.78 is 0. The largest absolute Gasteiger partial charge is 0.348 e. The Balaban J connectivity index is 1.52. The van der Waals surface area contributed by atoms with Gasteiger partial charge in [-0.15, -0.1) is 11.3 Å². The van der Waals surface area contributed by atoms with E-state index in [0.717, 1.165) is 25.1 Å². The zero-order valence-electron chi connectivity index (χ0n) is 14.2. The van der Waals surface area contributed by atoms with E-state index in [0.29, 0.717) is 22.9 Å². The van der Waals surface area contributed by atoms with Gasteiger partial charge in [0.25, 0.3) is 11.8 Å². The average molecular weight is 357 g/mol. The summed E-state index contributed by atoms with van der Waals surface area (Å²) in [5.74, 6) is 0.363. The van der Waals surface area contributed by atoms with Crippen LogP contribution in [0.4, 0.5) is 0 Å². The Morgan fingerprint density at radius 3 is 2.68 bits per heavy atom. The fourth-order valence-electron chi connectivity index (χ4n) is 2.89. The lowest BCUT2D eigenvalue weighted by Crippen LogP contribution is -2.50. The third-order valence-corrected chi connectivity index (χ3v) is 5.43. The summed E-state index contributed by atoms with van der Waals surface area (Å²) in [6.07, 6.45) is 1.08. The quantitative estimate of drug-likeness (QED) is 0.770. The van der Waals surface area contributed by atoms with Gasteiger partial charge in [0.15, 0.2) is 0 Å². The normalized spacial score (nSPS) is 20.0. The van der Waals surface area contributed by atoms with Crippen LogP contribution in [-0.2, 0) is 6.54 Å². The maximum atomic E-state index is 12.4. The van der Waals surface area contributed by atoms with E-state index >= 15 is 0 Å². The van der Waals surface area contributed by atoms with Crippen LogP contribution in [0.3, 0.4) is 0 Å². The molecule has 1 aromatic carbocycles. The molecule has 0 saturated carbocycles.